The van der Waals surface area contributed by atoms with E-state index in [4.69, 9.17) is 11.1 Å². The molecule has 2 heterocycles. The van der Waals surface area contributed by atoms with Crippen LogP contribution in [0.1, 0.15) is 64.2 Å². The third kappa shape index (κ3) is 5.99. The number of fused-ring (bicyclic) bond motifs is 1. The number of hydrogen-bond donors (Lipinski definition) is 2. The van der Waals surface area contributed by atoms with Gasteiger partial charge in [-0.1, -0.05) is 0 Å². The van der Waals surface area contributed by atoms with Crippen LogP contribution < -0.4 is 5.73 Å². The normalized spacial score (nSPS) is 36.5. The van der Waals surface area contributed by atoms with E-state index < -0.39 is 18.6 Å². The highest BCUT2D eigenvalue weighted by molar-refractivity contribution is 5.83. The Kier molecular flexibility index (Phi) is 7.53. The fraction of sp³-hybridized carbons (Fsp3) is 0.913. The monoisotopic (exact) mass is 476 g/mol. The summed E-state index contributed by atoms with van der Waals surface area (Å²) in [5.74, 6) is 0.836. The fourth-order valence-electron chi connectivity index (χ4n) is 6.53. The molecule has 4 rings (SSSR count). The maximum absolute atomic E-state index is 13.6. The van der Waals surface area contributed by atoms with E-state index in [1.54, 1.807) is 4.90 Å². The molecule has 4 aliphatic rings. The molecule has 2 saturated heterocycles. The van der Waals surface area contributed by atoms with Crippen molar-refractivity contribution in [3.8, 4) is 0 Å². The van der Waals surface area contributed by atoms with Gasteiger partial charge in [-0.15, -0.1) is 13.2 Å². The SMILES string of the molecule is N=C(N)C1CCC2CC(C(=O)N3CCC(F)CC3)N(CC3CCC(OC(F)(F)F)CC3)C2C1. The van der Waals surface area contributed by atoms with Gasteiger partial charge in [0.2, 0.25) is 5.91 Å². The summed E-state index contributed by atoms with van der Waals surface area (Å²) in [5, 5.41) is 7.91. The predicted octanol–water partition coefficient (Wildman–Crippen LogP) is 3.84. The molecular weight excluding hydrogens is 440 g/mol. The van der Waals surface area contributed by atoms with Crippen molar-refractivity contribution in [3.63, 3.8) is 0 Å². The Hall–Kier alpha value is -1.42. The van der Waals surface area contributed by atoms with Crippen LogP contribution in [-0.4, -0.2) is 71.9 Å². The third-order valence-corrected chi connectivity index (χ3v) is 8.33. The van der Waals surface area contributed by atoms with Crippen molar-refractivity contribution in [1.29, 1.82) is 5.41 Å². The third-order valence-electron chi connectivity index (χ3n) is 8.33. The Morgan fingerprint density at radius 1 is 1.00 bits per heavy atom. The number of amidine groups is 1. The Labute approximate surface area is 192 Å². The van der Waals surface area contributed by atoms with Crippen molar-refractivity contribution < 1.29 is 27.1 Å². The van der Waals surface area contributed by atoms with E-state index in [2.05, 4.69) is 9.64 Å². The lowest BCUT2D eigenvalue weighted by atomic mass is 9.77. The molecule has 0 aromatic carbocycles. The van der Waals surface area contributed by atoms with Gasteiger partial charge in [0.1, 0.15) is 6.17 Å². The number of piperidine rings is 1. The van der Waals surface area contributed by atoms with Crippen molar-refractivity contribution in [1.82, 2.24) is 9.80 Å². The van der Waals surface area contributed by atoms with Crippen molar-refractivity contribution in [2.75, 3.05) is 19.6 Å². The number of nitrogens with zero attached hydrogens (tertiary/aromatic N) is 2. The summed E-state index contributed by atoms with van der Waals surface area (Å²) in [4.78, 5) is 17.5. The second-order valence-electron chi connectivity index (χ2n) is 10.4. The molecule has 6 nitrogen and oxygen atoms in total. The molecule has 2 aliphatic heterocycles. The summed E-state index contributed by atoms with van der Waals surface area (Å²) >= 11 is 0. The quantitative estimate of drug-likeness (QED) is 0.359. The Morgan fingerprint density at radius 3 is 2.27 bits per heavy atom. The lowest BCUT2D eigenvalue weighted by Gasteiger charge is -2.41. The molecule has 4 atom stereocenters. The van der Waals surface area contributed by atoms with Crippen LogP contribution in [0.2, 0.25) is 0 Å². The van der Waals surface area contributed by atoms with Crippen molar-refractivity contribution in [3.05, 3.63) is 0 Å². The summed E-state index contributed by atoms with van der Waals surface area (Å²) < 4.78 is 55.6. The number of halogens is 4. The summed E-state index contributed by atoms with van der Waals surface area (Å²) in [5.41, 5.74) is 5.82. The van der Waals surface area contributed by atoms with Crippen molar-refractivity contribution >= 4 is 11.7 Å². The first-order chi connectivity index (χ1) is 15.6. The van der Waals surface area contributed by atoms with Crippen molar-refractivity contribution in [2.24, 2.45) is 23.5 Å². The summed E-state index contributed by atoms with van der Waals surface area (Å²) in [6, 6.07) is -0.115. The minimum absolute atomic E-state index is 0.0146. The van der Waals surface area contributed by atoms with Crippen molar-refractivity contribution in [2.45, 2.75) is 94.9 Å². The number of rotatable bonds is 5. The number of nitrogens with one attached hydrogen (secondary N) is 1. The number of likely N-dealkylation sites (tertiary alicyclic amines) is 2. The minimum Gasteiger partial charge on any atom is -0.387 e. The highest BCUT2D eigenvalue weighted by Crippen LogP contribution is 2.44. The first kappa shape index (κ1) is 24.7. The van der Waals surface area contributed by atoms with E-state index in [1.165, 1.54) is 0 Å². The number of carbonyl (C=O) groups is 1. The minimum atomic E-state index is -4.60. The van der Waals surface area contributed by atoms with Gasteiger partial charge in [0, 0.05) is 31.6 Å². The van der Waals surface area contributed by atoms with Gasteiger partial charge in [-0.05, 0) is 76.0 Å². The van der Waals surface area contributed by atoms with Gasteiger partial charge < -0.3 is 10.6 Å². The number of hydrogen-bond acceptors (Lipinski definition) is 4. The van der Waals surface area contributed by atoms with E-state index >= 15 is 0 Å². The molecule has 1 amide bonds. The zero-order chi connectivity index (χ0) is 23.8. The highest BCUT2D eigenvalue weighted by atomic mass is 19.4. The molecule has 188 valence electrons. The topological polar surface area (TPSA) is 82.6 Å². The zero-order valence-corrected chi connectivity index (χ0v) is 19.0. The van der Waals surface area contributed by atoms with Gasteiger partial charge in [0.15, 0.2) is 0 Å². The maximum Gasteiger partial charge on any atom is 0.522 e. The molecule has 0 bridgehead atoms. The van der Waals surface area contributed by atoms with E-state index in [0.29, 0.717) is 64.1 Å². The molecule has 10 heteroatoms. The Bertz CT molecular complexity index is 705. The van der Waals surface area contributed by atoms with Crippen LogP contribution in [0.15, 0.2) is 0 Å². The van der Waals surface area contributed by atoms with Crippen LogP contribution in [0.25, 0.3) is 0 Å². The number of nitrogens with two attached hydrogens (primary N) is 1. The molecule has 2 saturated carbocycles. The second-order valence-corrected chi connectivity index (χ2v) is 10.4. The molecular formula is C23H36F4N4O2. The summed E-state index contributed by atoms with van der Waals surface area (Å²) in [6.45, 7) is 1.55. The molecule has 4 fully saturated rings. The number of alkyl halides is 4. The van der Waals surface area contributed by atoms with Crippen LogP contribution in [0, 0.1) is 23.2 Å². The predicted molar refractivity (Wildman–Crippen MR) is 115 cm³/mol. The average Bonchev–Trinajstić information content (AvgIpc) is 3.11. The molecule has 2 aliphatic carbocycles. The smallest absolute Gasteiger partial charge is 0.387 e. The summed E-state index contributed by atoms with van der Waals surface area (Å²) in [7, 11) is 0. The maximum atomic E-state index is 13.6. The van der Waals surface area contributed by atoms with Gasteiger partial charge in [0.25, 0.3) is 0 Å². The molecule has 33 heavy (non-hydrogen) atoms. The number of carbonyl (C=O) groups excluding carboxylic acids is 1. The van der Waals surface area contributed by atoms with Crippen LogP contribution in [0.4, 0.5) is 17.6 Å². The lowest BCUT2D eigenvalue weighted by Crippen LogP contribution is -2.52. The lowest BCUT2D eigenvalue weighted by molar-refractivity contribution is -0.345. The second kappa shape index (κ2) is 10.1. The van der Waals surface area contributed by atoms with Gasteiger partial charge in [-0.3, -0.25) is 19.8 Å². The highest BCUT2D eigenvalue weighted by Gasteiger charge is 2.49. The fourth-order valence-corrected chi connectivity index (χ4v) is 6.53. The number of ether oxygens (including phenoxy) is 1. The van der Waals surface area contributed by atoms with Crippen LogP contribution >= 0.6 is 0 Å². The molecule has 0 aromatic heterocycles. The molecule has 0 aromatic rings. The van der Waals surface area contributed by atoms with Crippen LogP contribution in [0.3, 0.4) is 0 Å². The van der Waals surface area contributed by atoms with Crippen LogP contribution in [0.5, 0.6) is 0 Å². The number of amides is 1. The van der Waals surface area contributed by atoms with Gasteiger partial charge >= 0.3 is 6.36 Å². The zero-order valence-electron chi connectivity index (χ0n) is 19.0. The van der Waals surface area contributed by atoms with E-state index in [-0.39, 0.29) is 35.7 Å². The largest absolute Gasteiger partial charge is 0.522 e. The molecule has 0 radical (unpaired) electrons. The first-order valence-electron chi connectivity index (χ1n) is 12.4. The molecule has 0 spiro atoms. The van der Waals surface area contributed by atoms with Crippen LogP contribution in [-0.2, 0) is 9.53 Å². The van der Waals surface area contributed by atoms with E-state index in [9.17, 15) is 22.4 Å². The van der Waals surface area contributed by atoms with Gasteiger partial charge in [-0.25, -0.2) is 4.39 Å². The van der Waals surface area contributed by atoms with Gasteiger partial charge in [0.05, 0.1) is 18.0 Å². The molecule has 3 N–H and O–H groups in total. The average molecular weight is 477 g/mol. The van der Waals surface area contributed by atoms with E-state index in [1.807, 2.05) is 0 Å². The first-order valence-corrected chi connectivity index (χ1v) is 12.4. The Morgan fingerprint density at radius 2 is 1.67 bits per heavy atom. The molecule has 4 unspecified atom stereocenters. The standard InChI is InChI=1S/C23H36F4N4O2/c24-17-7-9-30(10-8-17)22(32)20-11-15-3-4-16(21(28)29)12-19(15)31(20)13-14-1-5-18(6-2-14)33-23(25,26)27/h14-20H,1-13H2,(H3,28,29). The summed E-state index contributed by atoms with van der Waals surface area (Å²) in [6.07, 6.45) is -0.181. The Balaban J connectivity index is 1.44. The van der Waals surface area contributed by atoms with E-state index in [0.717, 1.165) is 25.7 Å². The van der Waals surface area contributed by atoms with Gasteiger partial charge in [-0.2, -0.15) is 0 Å².